The molecule has 0 atom stereocenters. The molecule has 0 heterocycles. The Morgan fingerprint density at radius 2 is 1.74 bits per heavy atom. The molecule has 100 valence electrons. The first-order valence-electron chi connectivity index (χ1n) is 5.61. The third kappa shape index (κ3) is 3.53. The molecule has 0 radical (unpaired) electrons. The largest absolute Gasteiger partial charge is 0.381 e. The van der Waals surface area contributed by atoms with Crippen molar-refractivity contribution < 1.29 is 4.39 Å². The van der Waals surface area contributed by atoms with Crippen molar-refractivity contribution in [1.29, 1.82) is 0 Å². The molecular weight excluding hydrogens is 308 g/mol. The molecule has 0 aliphatic carbocycles. The lowest BCUT2D eigenvalue weighted by Crippen LogP contribution is -2.02. The number of nitrogens with one attached hydrogen (secondary N) is 1. The number of halogens is 4. The van der Waals surface area contributed by atoms with Crippen LogP contribution in [0.15, 0.2) is 30.3 Å². The monoisotopic (exact) mass is 317 g/mol. The maximum absolute atomic E-state index is 13.3. The van der Waals surface area contributed by atoms with Gasteiger partial charge in [-0.05, 0) is 42.8 Å². The van der Waals surface area contributed by atoms with Crippen molar-refractivity contribution >= 4 is 40.5 Å². The van der Waals surface area contributed by atoms with Gasteiger partial charge in [-0.2, -0.15) is 0 Å². The van der Waals surface area contributed by atoms with Crippen LogP contribution in [-0.4, -0.2) is 0 Å². The van der Waals surface area contributed by atoms with Gasteiger partial charge in [-0.3, -0.25) is 0 Å². The molecule has 2 rings (SSSR count). The minimum Gasteiger partial charge on any atom is -0.381 e. The van der Waals surface area contributed by atoms with E-state index in [2.05, 4.69) is 5.32 Å². The molecule has 0 fully saturated rings. The van der Waals surface area contributed by atoms with Crippen molar-refractivity contribution in [3.8, 4) is 0 Å². The molecule has 0 saturated carbocycles. The number of anilines is 1. The van der Waals surface area contributed by atoms with Gasteiger partial charge in [-0.15, -0.1) is 0 Å². The molecule has 19 heavy (non-hydrogen) atoms. The van der Waals surface area contributed by atoms with E-state index in [1.54, 1.807) is 12.1 Å². The molecule has 0 amide bonds. The zero-order valence-corrected chi connectivity index (χ0v) is 12.4. The molecule has 0 saturated heterocycles. The summed E-state index contributed by atoms with van der Waals surface area (Å²) in [7, 11) is 0. The normalized spacial score (nSPS) is 10.6. The summed E-state index contributed by atoms with van der Waals surface area (Å²) in [6, 6.07) is 8.05. The number of aryl methyl sites for hydroxylation is 1. The Labute approximate surface area is 126 Å². The fraction of sp³-hybridized carbons (Fsp3) is 0.143. The lowest BCUT2D eigenvalue weighted by Gasteiger charge is -2.11. The Morgan fingerprint density at radius 3 is 2.42 bits per heavy atom. The lowest BCUT2D eigenvalue weighted by atomic mass is 10.2. The van der Waals surface area contributed by atoms with E-state index >= 15 is 0 Å². The molecular formula is C14H11Cl3FN. The molecule has 0 spiro atoms. The van der Waals surface area contributed by atoms with Gasteiger partial charge < -0.3 is 5.32 Å². The first kappa shape index (κ1) is 14.4. The highest BCUT2D eigenvalue weighted by atomic mass is 35.5. The second-order valence-corrected chi connectivity index (χ2v) is 5.38. The quantitative estimate of drug-likeness (QED) is 0.715. The molecule has 0 bridgehead atoms. The van der Waals surface area contributed by atoms with Crippen LogP contribution < -0.4 is 5.32 Å². The molecule has 0 aromatic heterocycles. The van der Waals surface area contributed by atoms with Gasteiger partial charge in [0.25, 0.3) is 0 Å². The molecule has 1 nitrogen and oxygen atoms in total. The first-order valence-corrected chi connectivity index (χ1v) is 6.74. The van der Waals surface area contributed by atoms with Crippen LogP contribution in [0.3, 0.4) is 0 Å². The summed E-state index contributed by atoms with van der Waals surface area (Å²) in [4.78, 5) is 0. The summed E-state index contributed by atoms with van der Waals surface area (Å²) in [6.07, 6.45) is 0. The van der Waals surface area contributed by atoms with Crippen LogP contribution in [-0.2, 0) is 6.54 Å². The topological polar surface area (TPSA) is 12.0 Å². The second kappa shape index (κ2) is 6.00. The van der Waals surface area contributed by atoms with Crippen LogP contribution >= 0.6 is 34.8 Å². The Balaban J connectivity index is 2.21. The Morgan fingerprint density at radius 1 is 1.05 bits per heavy atom. The maximum Gasteiger partial charge on any atom is 0.125 e. The minimum atomic E-state index is -0.286. The fourth-order valence-electron chi connectivity index (χ4n) is 1.76. The van der Waals surface area contributed by atoms with Crippen molar-refractivity contribution in [3.63, 3.8) is 0 Å². The first-order chi connectivity index (χ1) is 8.97. The van der Waals surface area contributed by atoms with Gasteiger partial charge in [0.15, 0.2) is 0 Å². The van der Waals surface area contributed by atoms with Crippen LogP contribution in [0, 0.1) is 12.7 Å². The minimum absolute atomic E-state index is 0.286. The van der Waals surface area contributed by atoms with Crippen LogP contribution in [0.1, 0.15) is 11.1 Å². The Hall–Kier alpha value is -0.960. The Bertz CT molecular complexity index is 594. The molecule has 0 aliphatic rings. The highest BCUT2D eigenvalue weighted by Gasteiger charge is 2.09. The highest BCUT2D eigenvalue weighted by molar-refractivity contribution is 6.44. The van der Waals surface area contributed by atoms with E-state index < -0.39 is 0 Å². The standard InChI is InChI=1S/C14H11Cl3FN/c1-8-4-9(18)6-10(5-8)19-7-11-12(15)2-3-13(16)14(11)17/h2-6,19H,7H2,1H3. The number of hydrogen-bond donors (Lipinski definition) is 1. The van der Waals surface area contributed by atoms with Crippen LogP contribution in [0.2, 0.25) is 15.1 Å². The SMILES string of the molecule is Cc1cc(F)cc(NCc2c(Cl)ccc(Cl)c2Cl)c1. The van der Waals surface area contributed by atoms with Crippen molar-refractivity contribution in [2.24, 2.45) is 0 Å². The van der Waals surface area contributed by atoms with Crippen molar-refractivity contribution in [2.45, 2.75) is 13.5 Å². The van der Waals surface area contributed by atoms with Crippen LogP contribution in [0.25, 0.3) is 0 Å². The molecule has 1 N–H and O–H groups in total. The highest BCUT2D eigenvalue weighted by Crippen LogP contribution is 2.32. The predicted molar refractivity (Wildman–Crippen MR) is 79.9 cm³/mol. The smallest absolute Gasteiger partial charge is 0.125 e. The van der Waals surface area contributed by atoms with Crippen molar-refractivity contribution in [3.05, 3.63) is 62.3 Å². The number of benzene rings is 2. The molecule has 0 aliphatic heterocycles. The zero-order valence-electron chi connectivity index (χ0n) is 10.1. The zero-order chi connectivity index (χ0) is 14.0. The predicted octanol–water partition coefficient (Wildman–Crippen LogP) is 5.71. The third-order valence-electron chi connectivity index (χ3n) is 2.65. The lowest BCUT2D eigenvalue weighted by molar-refractivity contribution is 0.627. The summed E-state index contributed by atoms with van der Waals surface area (Å²) in [5.41, 5.74) is 2.20. The third-order valence-corrected chi connectivity index (χ3v) is 3.85. The van der Waals surface area contributed by atoms with Crippen LogP contribution in [0.5, 0.6) is 0 Å². The van der Waals surface area contributed by atoms with Gasteiger partial charge >= 0.3 is 0 Å². The van der Waals surface area contributed by atoms with Gasteiger partial charge in [0.1, 0.15) is 5.82 Å². The van der Waals surface area contributed by atoms with E-state index in [4.69, 9.17) is 34.8 Å². The van der Waals surface area contributed by atoms with E-state index in [1.807, 2.05) is 13.0 Å². The summed E-state index contributed by atoms with van der Waals surface area (Å²) < 4.78 is 13.3. The van der Waals surface area contributed by atoms with Gasteiger partial charge in [-0.1, -0.05) is 34.8 Å². The fourth-order valence-corrected chi connectivity index (χ4v) is 2.44. The van der Waals surface area contributed by atoms with Crippen molar-refractivity contribution in [1.82, 2.24) is 0 Å². The van der Waals surface area contributed by atoms with Gasteiger partial charge in [0.05, 0.1) is 10.0 Å². The average molecular weight is 319 g/mol. The molecule has 2 aromatic carbocycles. The average Bonchev–Trinajstić information content (AvgIpc) is 2.33. The second-order valence-electron chi connectivity index (χ2n) is 4.19. The van der Waals surface area contributed by atoms with Crippen LogP contribution in [0.4, 0.5) is 10.1 Å². The molecule has 0 unspecified atom stereocenters. The van der Waals surface area contributed by atoms with E-state index in [0.717, 1.165) is 5.56 Å². The maximum atomic E-state index is 13.3. The summed E-state index contributed by atoms with van der Waals surface area (Å²) in [5, 5.41) is 4.46. The summed E-state index contributed by atoms with van der Waals surface area (Å²) in [6.45, 7) is 2.20. The van der Waals surface area contributed by atoms with E-state index in [-0.39, 0.29) is 5.82 Å². The van der Waals surface area contributed by atoms with E-state index in [0.29, 0.717) is 32.9 Å². The Kier molecular flexibility index (Phi) is 4.56. The number of hydrogen-bond acceptors (Lipinski definition) is 1. The van der Waals surface area contributed by atoms with Gasteiger partial charge in [0, 0.05) is 22.8 Å². The van der Waals surface area contributed by atoms with E-state index in [9.17, 15) is 4.39 Å². The van der Waals surface area contributed by atoms with Crippen molar-refractivity contribution in [2.75, 3.05) is 5.32 Å². The molecule has 5 heteroatoms. The number of rotatable bonds is 3. The van der Waals surface area contributed by atoms with Gasteiger partial charge in [0.2, 0.25) is 0 Å². The summed E-state index contributed by atoms with van der Waals surface area (Å²) in [5.74, 6) is -0.286. The van der Waals surface area contributed by atoms with E-state index in [1.165, 1.54) is 12.1 Å². The van der Waals surface area contributed by atoms with Gasteiger partial charge in [-0.25, -0.2) is 4.39 Å². The molecule has 2 aromatic rings. The summed E-state index contributed by atoms with van der Waals surface area (Å²) >= 11 is 18.1.